The summed E-state index contributed by atoms with van der Waals surface area (Å²) in [5, 5.41) is 18.4. The molecule has 1 aromatic heterocycles. The number of hydrogen-bond donors (Lipinski definition) is 1. The van der Waals surface area contributed by atoms with E-state index in [1.54, 1.807) is 0 Å². The van der Waals surface area contributed by atoms with Gasteiger partial charge < -0.3 is 5.32 Å². The smallest absolute Gasteiger partial charge is 0.292 e. The molecule has 0 bridgehead atoms. The standard InChI is InChI=1S/C20H19ClN4O3/c1-13-11-14(2)24(23-13)17-7-3-15(4-8-17)5-10-20(26)22-18-12-16(21)6-9-19(18)25(27)28/h3-4,6-9,11-12H,5,10H2,1-2H3,(H,22,26). The molecule has 0 saturated heterocycles. The van der Waals surface area contributed by atoms with E-state index in [1.165, 1.54) is 18.2 Å². The minimum Gasteiger partial charge on any atom is -0.320 e. The molecular formula is C20H19ClN4O3. The summed E-state index contributed by atoms with van der Waals surface area (Å²) in [5.74, 6) is -0.312. The Morgan fingerprint density at radius 1 is 1.18 bits per heavy atom. The van der Waals surface area contributed by atoms with Crippen molar-refractivity contribution in [3.8, 4) is 5.69 Å². The third kappa shape index (κ3) is 4.55. The molecule has 0 atom stereocenters. The second kappa shape index (κ2) is 8.22. The topological polar surface area (TPSA) is 90.1 Å². The minimum atomic E-state index is -0.552. The van der Waals surface area contributed by atoms with Crippen molar-refractivity contribution in [1.29, 1.82) is 0 Å². The minimum absolute atomic E-state index is 0.0994. The summed E-state index contributed by atoms with van der Waals surface area (Å²) >= 11 is 5.87. The molecule has 3 aromatic rings. The van der Waals surface area contributed by atoms with Crippen LogP contribution in [0.25, 0.3) is 5.69 Å². The highest BCUT2D eigenvalue weighted by molar-refractivity contribution is 6.31. The van der Waals surface area contributed by atoms with Crippen molar-refractivity contribution in [3.05, 3.63) is 80.6 Å². The number of benzene rings is 2. The van der Waals surface area contributed by atoms with Crippen LogP contribution >= 0.6 is 11.6 Å². The van der Waals surface area contributed by atoms with E-state index in [0.29, 0.717) is 11.4 Å². The maximum atomic E-state index is 12.2. The van der Waals surface area contributed by atoms with E-state index < -0.39 is 4.92 Å². The zero-order valence-corrected chi connectivity index (χ0v) is 16.2. The summed E-state index contributed by atoms with van der Waals surface area (Å²) in [5.41, 5.74) is 3.85. The van der Waals surface area contributed by atoms with Gasteiger partial charge in [0.25, 0.3) is 5.69 Å². The predicted molar refractivity (Wildman–Crippen MR) is 108 cm³/mol. The fourth-order valence-corrected chi connectivity index (χ4v) is 3.10. The maximum absolute atomic E-state index is 12.2. The summed E-state index contributed by atoms with van der Waals surface area (Å²) in [6.07, 6.45) is 0.709. The Kier molecular flexibility index (Phi) is 5.75. The summed E-state index contributed by atoms with van der Waals surface area (Å²) in [6, 6.07) is 13.9. The number of nitrogens with zero attached hydrogens (tertiary/aromatic N) is 3. The van der Waals surface area contributed by atoms with E-state index in [-0.39, 0.29) is 23.7 Å². The fourth-order valence-electron chi connectivity index (χ4n) is 2.93. The van der Waals surface area contributed by atoms with Crippen molar-refractivity contribution < 1.29 is 9.72 Å². The lowest BCUT2D eigenvalue weighted by Gasteiger charge is -2.08. The molecule has 0 aliphatic rings. The number of hydrogen-bond acceptors (Lipinski definition) is 4. The lowest BCUT2D eigenvalue weighted by Crippen LogP contribution is -2.13. The van der Waals surface area contributed by atoms with E-state index in [1.807, 2.05) is 48.9 Å². The number of aromatic nitrogens is 2. The van der Waals surface area contributed by atoms with Crippen molar-refractivity contribution in [1.82, 2.24) is 9.78 Å². The van der Waals surface area contributed by atoms with Crippen LogP contribution in [0.3, 0.4) is 0 Å². The molecule has 0 saturated carbocycles. The Hall–Kier alpha value is -3.19. The Morgan fingerprint density at radius 2 is 1.89 bits per heavy atom. The van der Waals surface area contributed by atoms with Gasteiger partial charge in [-0.2, -0.15) is 5.10 Å². The average Bonchev–Trinajstić information content (AvgIpc) is 2.98. The highest BCUT2D eigenvalue weighted by Gasteiger charge is 2.16. The molecule has 0 spiro atoms. The molecule has 28 heavy (non-hydrogen) atoms. The first-order valence-electron chi connectivity index (χ1n) is 8.70. The molecule has 1 N–H and O–H groups in total. The van der Waals surface area contributed by atoms with Crippen LogP contribution < -0.4 is 5.32 Å². The first-order chi connectivity index (χ1) is 13.3. The van der Waals surface area contributed by atoms with Crippen molar-refractivity contribution in [2.45, 2.75) is 26.7 Å². The largest absolute Gasteiger partial charge is 0.320 e. The van der Waals surface area contributed by atoms with Crippen molar-refractivity contribution in [2.24, 2.45) is 0 Å². The summed E-state index contributed by atoms with van der Waals surface area (Å²) < 4.78 is 1.87. The number of nitro groups is 1. The average molecular weight is 399 g/mol. The Balaban J connectivity index is 1.63. The van der Waals surface area contributed by atoms with Crippen LogP contribution in [-0.4, -0.2) is 20.6 Å². The van der Waals surface area contributed by atoms with E-state index >= 15 is 0 Å². The van der Waals surface area contributed by atoms with Crippen LogP contribution in [0.4, 0.5) is 11.4 Å². The Bertz CT molecular complexity index is 1030. The van der Waals surface area contributed by atoms with Gasteiger partial charge >= 0.3 is 0 Å². The van der Waals surface area contributed by atoms with Crippen LogP contribution in [0.1, 0.15) is 23.4 Å². The molecule has 0 aliphatic heterocycles. The van der Waals surface area contributed by atoms with Crippen LogP contribution in [-0.2, 0) is 11.2 Å². The van der Waals surface area contributed by atoms with E-state index in [2.05, 4.69) is 10.4 Å². The van der Waals surface area contributed by atoms with Gasteiger partial charge in [0.1, 0.15) is 5.69 Å². The molecule has 144 valence electrons. The number of anilines is 1. The SMILES string of the molecule is Cc1cc(C)n(-c2ccc(CCC(=O)Nc3cc(Cl)ccc3[N+](=O)[O-])cc2)n1. The molecule has 2 aromatic carbocycles. The van der Waals surface area contributed by atoms with Crippen molar-refractivity contribution in [2.75, 3.05) is 5.32 Å². The quantitative estimate of drug-likeness (QED) is 0.484. The van der Waals surface area contributed by atoms with Crippen molar-refractivity contribution >= 4 is 28.9 Å². The molecule has 3 rings (SSSR count). The molecule has 7 nitrogen and oxygen atoms in total. The molecule has 1 heterocycles. The number of nitro benzene ring substituents is 1. The first kappa shape index (κ1) is 19.6. The highest BCUT2D eigenvalue weighted by Crippen LogP contribution is 2.27. The third-order valence-electron chi connectivity index (χ3n) is 4.26. The number of carbonyl (C=O) groups excluding carboxylic acids is 1. The van der Waals surface area contributed by atoms with Crippen LogP contribution in [0.5, 0.6) is 0 Å². The van der Waals surface area contributed by atoms with Gasteiger partial charge in [-0.3, -0.25) is 14.9 Å². The van der Waals surface area contributed by atoms with Gasteiger partial charge in [-0.15, -0.1) is 0 Å². The second-order valence-electron chi connectivity index (χ2n) is 6.47. The lowest BCUT2D eigenvalue weighted by molar-refractivity contribution is -0.383. The van der Waals surface area contributed by atoms with Gasteiger partial charge in [0.05, 0.1) is 16.3 Å². The van der Waals surface area contributed by atoms with Gasteiger partial charge in [0, 0.05) is 23.2 Å². The van der Waals surface area contributed by atoms with Crippen LogP contribution in [0.15, 0.2) is 48.5 Å². The van der Waals surface area contributed by atoms with Gasteiger partial charge in [-0.25, -0.2) is 4.68 Å². The van der Waals surface area contributed by atoms with E-state index in [0.717, 1.165) is 22.6 Å². The Labute approximate surface area is 167 Å². The third-order valence-corrected chi connectivity index (χ3v) is 4.50. The van der Waals surface area contributed by atoms with Crippen LogP contribution in [0.2, 0.25) is 5.02 Å². The number of aryl methyl sites for hydroxylation is 3. The maximum Gasteiger partial charge on any atom is 0.292 e. The molecule has 1 amide bonds. The second-order valence-corrected chi connectivity index (χ2v) is 6.91. The summed E-state index contributed by atoms with van der Waals surface area (Å²) in [4.78, 5) is 22.7. The Morgan fingerprint density at radius 3 is 2.50 bits per heavy atom. The zero-order valence-electron chi connectivity index (χ0n) is 15.5. The monoisotopic (exact) mass is 398 g/mol. The highest BCUT2D eigenvalue weighted by atomic mass is 35.5. The molecule has 0 radical (unpaired) electrons. The molecular weight excluding hydrogens is 380 g/mol. The first-order valence-corrected chi connectivity index (χ1v) is 9.07. The number of nitrogens with one attached hydrogen (secondary N) is 1. The molecule has 8 heteroatoms. The van der Waals surface area contributed by atoms with Gasteiger partial charge in [0.2, 0.25) is 5.91 Å². The van der Waals surface area contributed by atoms with Gasteiger partial charge in [-0.05, 0) is 56.2 Å². The summed E-state index contributed by atoms with van der Waals surface area (Å²) in [7, 11) is 0. The van der Waals surface area contributed by atoms with E-state index in [4.69, 9.17) is 11.6 Å². The normalized spacial score (nSPS) is 10.7. The molecule has 0 aliphatic carbocycles. The number of halogens is 1. The van der Waals surface area contributed by atoms with E-state index in [9.17, 15) is 14.9 Å². The van der Waals surface area contributed by atoms with Crippen LogP contribution in [0, 0.1) is 24.0 Å². The lowest BCUT2D eigenvalue weighted by atomic mass is 10.1. The molecule has 0 unspecified atom stereocenters. The number of rotatable bonds is 6. The zero-order chi connectivity index (χ0) is 20.3. The summed E-state index contributed by atoms with van der Waals surface area (Å²) in [6.45, 7) is 3.94. The number of amides is 1. The van der Waals surface area contributed by atoms with Crippen molar-refractivity contribution in [3.63, 3.8) is 0 Å². The predicted octanol–water partition coefficient (Wildman–Crippen LogP) is 4.62. The molecule has 0 fully saturated rings. The van der Waals surface area contributed by atoms with Gasteiger partial charge in [0.15, 0.2) is 0 Å². The van der Waals surface area contributed by atoms with Gasteiger partial charge in [-0.1, -0.05) is 23.7 Å². The number of carbonyl (C=O) groups is 1. The fraction of sp³-hybridized carbons (Fsp3) is 0.200.